The lowest BCUT2D eigenvalue weighted by Gasteiger charge is -2.20. The van der Waals surface area contributed by atoms with Crippen LogP contribution in [0.1, 0.15) is 0 Å². The van der Waals surface area contributed by atoms with Crippen LogP contribution in [0, 0.1) is 0 Å². The molecule has 0 atom stereocenters. The van der Waals surface area contributed by atoms with Gasteiger partial charge >= 0.3 is 0 Å². The smallest absolute Gasteiger partial charge is 0.269 e. The lowest BCUT2D eigenvalue weighted by molar-refractivity contribution is -0.360. The maximum Gasteiger partial charge on any atom is 0.269 e. The van der Waals surface area contributed by atoms with Crippen LogP contribution in [0.3, 0.4) is 0 Å². The fraction of sp³-hybridized carbons (Fsp3) is 0. The summed E-state index contributed by atoms with van der Waals surface area (Å²) in [6.45, 7) is 0. The van der Waals surface area contributed by atoms with Crippen molar-refractivity contribution in [1.82, 2.24) is 0 Å². The summed E-state index contributed by atoms with van der Waals surface area (Å²) in [7, 11) is -16.9. The molecule has 272 valence electrons. The fourth-order valence-electron chi connectivity index (χ4n) is 3.61. The molecule has 0 radical (unpaired) electrons. The highest BCUT2D eigenvalue weighted by Crippen LogP contribution is 2.26. The molecule has 0 unspecified atom stereocenters. The van der Waals surface area contributed by atoms with Crippen LogP contribution in [-0.2, 0) is 40.1 Å². The topological polar surface area (TPSA) is 245 Å². The summed E-state index contributed by atoms with van der Waals surface area (Å²) in [4.78, 5) is 4.99. The summed E-state index contributed by atoms with van der Waals surface area (Å²) in [5, 5.41) is 0. The molecular weight excluding hydrogens is 749 g/mol. The van der Waals surface area contributed by atoms with E-state index < -0.39 is 40.1 Å². The van der Waals surface area contributed by atoms with Gasteiger partial charge in [-0.3, -0.25) is 11.5 Å². The molecule has 0 fully saturated rings. The number of aromatic nitrogens is 2. The minimum Gasteiger partial charge on any atom is -0.428 e. The first-order chi connectivity index (χ1) is 24.6. The van der Waals surface area contributed by atoms with E-state index in [0.29, 0.717) is 11.6 Å². The first-order valence-electron chi connectivity index (χ1n) is 14.8. The van der Waals surface area contributed by atoms with Crippen molar-refractivity contribution in [2.45, 2.75) is 19.6 Å². The van der Waals surface area contributed by atoms with Gasteiger partial charge in [0.2, 0.25) is 0 Å². The first kappa shape index (κ1) is 40.9. The van der Waals surface area contributed by atoms with E-state index in [1.54, 1.807) is 48.8 Å². The zero-order chi connectivity index (χ0) is 38.1. The number of aromatic amines is 2. The molecule has 2 heterocycles. The van der Waals surface area contributed by atoms with Crippen LogP contribution < -0.4 is 21.4 Å². The van der Waals surface area contributed by atoms with Gasteiger partial charge in [0.05, 0.1) is 12.4 Å². The Labute approximate surface area is 303 Å². The van der Waals surface area contributed by atoms with E-state index in [-0.39, 0.29) is 19.6 Å². The van der Waals surface area contributed by atoms with Gasteiger partial charge in [0, 0.05) is 31.7 Å². The molecule has 6 aromatic rings. The maximum atomic E-state index is 11.9. The molecule has 52 heavy (non-hydrogen) atoms. The Bertz CT molecular complexity index is 2090. The van der Waals surface area contributed by atoms with Gasteiger partial charge in [-0.2, -0.15) is 0 Å². The number of H-pyrrole nitrogens is 2. The molecule has 14 nitrogen and oxygen atoms in total. The number of anilines is 2. The number of pyridine rings is 2. The number of hydrogen-bond donors (Lipinski definition) is 2. The van der Waals surface area contributed by atoms with Crippen molar-refractivity contribution in [2.75, 3.05) is 11.5 Å². The van der Waals surface area contributed by atoms with E-state index >= 15 is 0 Å². The average Bonchev–Trinajstić information content (AvgIpc) is 3.14. The highest BCUT2D eigenvalue weighted by Gasteiger charge is 2.13. The third-order valence-electron chi connectivity index (χ3n) is 6.02. The molecule has 0 aliphatic carbocycles. The van der Waals surface area contributed by atoms with Gasteiger partial charge in [0.25, 0.3) is 11.6 Å². The molecular formula is C34H34N6O8S4. The maximum absolute atomic E-state index is 11.9. The summed E-state index contributed by atoms with van der Waals surface area (Å²) in [6, 6.07) is 40.0. The molecule has 2 aromatic heterocycles. The zero-order valence-electron chi connectivity index (χ0n) is 27.1. The Morgan fingerprint density at radius 1 is 0.327 bits per heavy atom. The van der Waals surface area contributed by atoms with Crippen LogP contribution in [0.15, 0.2) is 190 Å². The Morgan fingerprint density at radius 3 is 0.692 bits per heavy atom. The van der Waals surface area contributed by atoms with E-state index in [4.69, 9.17) is 11.5 Å². The van der Waals surface area contributed by atoms with Gasteiger partial charge in [-0.05, 0) is 60.7 Å². The van der Waals surface area contributed by atoms with Crippen molar-refractivity contribution >= 4 is 51.7 Å². The van der Waals surface area contributed by atoms with Crippen molar-refractivity contribution in [3.05, 3.63) is 178 Å². The number of hydrogen-bond acceptors (Lipinski definition) is 10. The third-order valence-corrected chi connectivity index (χ3v) is 12.6. The number of nitrogen functional groups attached to an aromatic ring is 2. The van der Waals surface area contributed by atoms with E-state index in [1.807, 2.05) is 24.3 Å². The Hall–Kier alpha value is -5.50. The zero-order valence-corrected chi connectivity index (χ0v) is 30.4. The number of sulfonamides is 4. The van der Waals surface area contributed by atoms with Crippen LogP contribution in [0.5, 0.6) is 0 Å². The highest BCUT2D eigenvalue weighted by molar-refractivity contribution is 8.12. The van der Waals surface area contributed by atoms with Crippen LogP contribution in [0.25, 0.3) is 8.25 Å². The minimum absolute atomic E-state index is 0.158. The van der Waals surface area contributed by atoms with E-state index in [2.05, 4.69) is 18.2 Å². The van der Waals surface area contributed by atoms with Crippen molar-refractivity contribution in [3.8, 4) is 0 Å². The largest absolute Gasteiger partial charge is 0.428 e. The lowest BCUT2D eigenvalue weighted by Crippen LogP contribution is -2.07. The second-order valence-electron chi connectivity index (χ2n) is 9.94. The molecule has 0 amide bonds. The third kappa shape index (κ3) is 13.7. The van der Waals surface area contributed by atoms with E-state index in [9.17, 15) is 33.7 Å². The van der Waals surface area contributed by atoms with Gasteiger partial charge in [0.1, 0.15) is 40.1 Å². The summed E-state index contributed by atoms with van der Waals surface area (Å²) < 4.78 is 101. The summed E-state index contributed by atoms with van der Waals surface area (Å²) in [5.41, 5.74) is 10.6. The SMILES string of the molecule is Nc1cccc[nH+]1.Nc1cccc[nH+]1.O=S(=O)([N-]S(=O)(=O)c1ccccc1)c1ccccc1.O=S(=O)([N-]S(=O)(=O)c1ccccc1)c1ccccc1. The number of nitrogens with two attached hydrogens (primary N) is 2. The predicted molar refractivity (Wildman–Crippen MR) is 196 cm³/mol. The minimum atomic E-state index is -4.23. The summed E-state index contributed by atoms with van der Waals surface area (Å²) in [5.74, 6) is 1.39. The van der Waals surface area contributed by atoms with Crippen molar-refractivity contribution < 1.29 is 43.6 Å². The van der Waals surface area contributed by atoms with Crippen molar-refractivity contribution in [1.29, 1.82) is 0 Å². The summed E-state index contributed by atoms with van der Waals surface area (Å²) >= 11 is 0. The van der Waals surface area contributed by atoms with Gasteiger partial charge in [-0.1, -0.05) is 84.9 Å². The van der Waals surface area contributed by atoms with Crippen LogP contribution >= 0.6 is 0 Å². The second-order valence-corrected chi connectivity index (χ2v) is 16.8. The Balaban J connectivity index is 0.000000206. The lowest BCUT2D eigenvalue weighted by atomic mass is 10.4. The monoisotopic (exact) mass is 782 g/mol. The fourth-order valence-corrected chi connectivity index (χ4v) is 9.06. The Morgan fingerprint density at radius 2 is 0.538 bits per heavy atom. The molecule has 0 spiro atoms. The molecule has 4 aromatic carbocycles. The molecule has 6 rings (SSSR count). The second kappa shape index (κ2) is 19.2. The molecule has 18 heteroatoms. The number of nitrogens with zero attached hydrogens (tertiary/aromatic N) is 2. The van der Waals surface area contributed by atoms with Crippen molar-refractivity contribution in [3.63, 3.8) is 0 Å². The normalized spacial score (nSPS) is 11.2. The van der Waals surface area contributed by atoms with Crippen LogP contribution in [0.2, 0.25) is 0 Å². The van der Waals surface area contributed by atoms with E-state index in [1.165, 1.54) is 97.1 Å². The molecule has 0 bridgehead atoms. The molecule has 6 N–H and O–H groups in total. The summed E-state index contributed by atoms with van der Waals surface area (Å²) in [6.07, 6.45) is 3.57. The first-order valence-corrected chi connectivity index (χ1v) is 20.5. The highest BCUT2D eigenvalue weighted by atomic mass is 32.3. The standard InChI is InChI=1S/2C12H10NO4S2.2C5H6N2/c2*14-18(15,11-7-3-1-4-8-11)13-19(16,17)12-9-5-2-6-10-12;2*6-5-3-1-2-4-7-5/h2*1-10H;2*1-4H,(H2,6,7)/q2*-1;;/p+2. The Kier molecular flexibility index (Phi) is 15.1. The van der Waals surface area contributed by atoms with Crippen molar-refractivity contribution in [2.24, 2.45) is 0 Å². The van der Waals surface area contributed by atoms with Gasteiger partial charge in [0.15, 0.2) is 0 Å². The molecule has 0 aliphatic heterocycles. The van der Waals surface area contributed by atoms with Gasteiger partial charge in [-0.25, -0.2) is 43.6 Å². The average molecular weight is 783 g/mol. The van der Waals surface area contributed by atoms with Crippen LogP contribution in [-0.4, -0.2) is 33.7 Å². The molecule has 0 saturated heterocycles. The molecule has 0 aliphatic rings. The molecule has 0 saturated carbocycles. The van der Waals surface area contributed by atoms with Gasteiger partial charge < -0.3 is 8.25 Å². The van der Waals surface area contributed by atoms with Gasteiger partial charge in [-0.15, -0.1) is 0 Å². The predicted octanol–water partition coefficient (Wildman–Crippen LogP) is 4.44. The van der Waals surface area contributed by atoms with Crippen LogP contribution in [0.4, 0.5) is 11.6 Å². The quantitative estimate of drug-likeness (QED) is 0.220. The van der Waals surface area contributed by atoms with E-state index in [0.717, 1.165) is 0 Å². The number of benzene rings is 4. The number of rotatable bonds is 8. The number of nitrogens with one attached hydrogen (secondary N) is 2.